The van der Waals surface area contributed by atoms with Gasteiger partial charge in [-0.1, -0.05) is 17.7 Å². The summed E-state index contributed by atoms with van der Waals surface area (Å²) in [4.78, 5) is 19.1. The van der Waals surface area contributed by atoms with Crippen LogP contribution in [-0.2, 0) is 11.2 Å². The highest BCUT2D eigenvalue weighted by Crippen LogP contribution is 2.38. The van der Waals surface area contributed by atoms with Gasteiger partial charge in [0, 0.05) is 55.6 Å². The van der Waals surface area contributed by atoms with Gasteiger partial charge in [-0.25, -0.2) is 9.97 Å². The first kappa shape index (κ1) is 21.2. The van der Waals surface area contributed by atoms with Crippen molar-refractivity contribution in [3.05, 3.63) is 53.6 Å². The number of hydrogen-bond acceptors (Lipinski definition) is 8. The summed E-state index contributed by atoms with van der Waals surface area (Å²) < 4.78 is 6.66. The van der Waals surface area contributed by atoms with Crippen molar-refractivity contribution >= 4 is 33.2 Å². The van der Waals surface area contributed by atoms with Crippen molar-refractivity contribution in [2.75, 3.05) is 32.8 Å². The van der Waals surface area contributed by atoms with Gasteiger partial charge in [-0.2, -0.15) is 0 Å². The Bertz CT molecular complexity index is 978. The number of fused-ring (bicyclic) bond motifs is 1. The van der Waals surface area contributed by atoms with E-state index in [4.69, 9.17) is 16.3 Å². The molecule has 0 amide bonds. The number of morpholine rings is 1. The molecular formula is C22H26ClN5O2S. The van der Waals surface area contributed by atoms with E-state index in [1.165, 1.54) is 4.88 Å². The minimum atomic E-state index is -0.721. The number of thiophene rings is 1. The van der Waals surface area contributed by atoms with Crippen LogP contribution in [0.25, 0.3) is 10.2 Å². The van der Waals surface area contributed by atoms with Crippen LogP contribution in [0.2, 0.25) is 0 Å². The van der Waals surface area contributed by atoms with E-state index >= 15 is 0 Å². The molecule has 0 saturated carbocycles. The topological polar surface area (TPSA) is 74.6 Å². The van der Waals surface area contributed by atoms with Crippen LogP contribution >= 0.6 is 22.9 Å². The predicted octanol–water partition coefficient (Wildman–Crippen LogP) is 3.05. The number of likely N-dealkylation sites (tertiary alicyclic amines) is 1. The lowest BCUT2D eigenvalue weighted by Crippen LogP contribution is -2.53. The SMILES string of the molecule is OC1(Cc2ccccn2)CCN(C(c2cc3ncncc3s2)N2CCOC(Cl)C2)CC1. The van der Waals surface area contributed by atoms with E-state index in [1.807, 2.05) is 24.4 Å². The summed E-state index contributed by atoms with van der Waals surface area (Å²) >= 11 is 8.08. The van der Waals surface area contributed by atoms with Gasteiger partial charge in [-0.3, -0.25) is 14.8 Å². The minimum Gasteiger partial charge on any atom is -0.389 e. The Kier molecular flexibility index (Phi) is 6.19. The summed E-state index contributed by atoms with van der Waals surface area (Å²) in [5.74, 6) is 0. The number of nitrogens with zero attached hydrogens (tertiary/aromatic N) is 5. The van der Waals surface area contributed by atoms with Crippen molar-refractivity contribution in [3.63, 3.8) is 0 Å². The Hall–Kier alpha value is -1.68. The molecule has 0 spiro atoms. The molecule has 2 saturated heterocycles. The van der Waals surface area contributed by atoms with E-state index in [9.17, 15) is 5.11 Å². The van der Waals surface area contributed by atoms with Gasteiger partial charge in [0.15, 0.2) is 0 Å². The molecule has 2 aliphatic heterocycles. The molecule has 2 atom stereocenters. The molecule has 2 aliphatic rings. The zero-order valence-corrected chi connectivity index (χ0v) is 18.8. The van der Waals surface area contributed by atoms with Crippen molar-refractivity contribution in [1.29, 1.82) is 0 Å². The molecule has 1 N–H and O–H groups in total. The van der Waals surface area contributed by atoms with Crippen molar-refractivity contribution in [2.45, 2.75) is 36.6 Å². The predicted molar refractivity (Wildman–Crippen MR) is 121 cm³/mol. The minimum absolute atomic E-state index is 0.0868. The van der Waals surface area contributed by atoms with E-state index in [-0.39, 0.29) is 11.7 Å². The zero-order valence-electron chi connectivity index (χ0n) is 17.2. The molecule has 0 aromatic carbocycles. The molecule has 164 valence electrons. The number of aromatic nitrogens is 3. The van der Waals surface area contributed by atoms with Gasteiger partial charge in [0.05, 0.1) is 28.6 Å². The fourth-order valence-electron chi connectivity index (χ4n) is 4.57. The number of rotatable bonds is 5. The lowest BCUT2D eigenvalue weighted by molar-refractivity contribution is -0.0833. The fraction of sp³-hybridized carbons (Fsp3) is 0.500. The average Bonchev–Trinajstić information content (AvgIpc) is 3.20. The van der Waals surface area contributed by atoms with Gasteiger partial charge in [-0.15, -0.1) is 11.3 Å². The molecule has 0 bridgehead atoms. The lowest BCUT2D eigenvalue weighted by Gasteiger charge is -2.46. The van der Waals surface area contributed by atoms with Crippen LogP contribution in [0.5, 0.6) is 0 Å². The van der Waals surface area contributed by atoms with Crippen LogP contribution in [0.4, 0.5) is 0 Å². The molecule has 5 rings (SSSR count). The zero-order chi connectivity index (χ0) is 21.3. The molecule has 2 unspecified atom stereocenters. The summed E-state index contributed by atoms with van der Waals surface area (Å²) in [7, 11) is 0. The molecule has 0 aliphatic carbocycles. The van der Waals surface area contributed by atoms with Crippen LogP contribution in [0.3, 0.4) is 0 Å². The Labute approximate surface area is 190 Å². The second-order valence-electron chi connectivity index (χ2n) is 8.33. The van der Waals surface area contributed by atoms with Crippen molar-refractivity contribution in [3.8, 4) is 0 Å². The van der Waals surface area contributed by atoms with Gasteiger partial charge in [-0.05, 0) is 31.0 Å². The smallest absolute Gasteiger partial charge is 0.143 e. The summed E-state index contributed by atoms with van der Waals surface area (Å²) in [5.41, 5.74) is 0.882. The third-order valence-electron chi connectivity index (χ3n) is 6.18. The van der Waals surface area contributed by atoms with Gasteiger partial charge < -0.3 is 9.84 Å². The van der Waals surface area contributed by atoms with Gasteiger partial charge in [0.25, 0.3) is 0 Å². The fourth-order valence-corrected chi connectivity index (χ4v) is 6.00. The van der Waals surface area contributed by atoms with Crippen LogP contribution in [0, 0.1) is 0 Å². The molecule has 7 nitrogen and oxygen atoms in total. The third kappa shape index (κ3) is 4.74. The highest BCUT2D eigenvalue weighted by Gasteiger charge is 2.39. The number of piperidine rings is 1. The number of ether oxygens (including phenoxy) is 1. The van der Waals surface area contributed by atoms with E-state index < -0.39 is 5.60 Å². The van der Waals surface area contributed by atoms with Gasteiger partial charge in [0.1, 0.15) is 11.9 Å². The van der Waals surface area contributed by atoms with Crippen molar-refractivity contribution in [1.82, 2.24) is 24.8 Å². The maximum Gasteiger partial charge on any atom is 0.143 e. The van der Waals surface area contributed by atoms with Gasteiger partial charge in [0.2, 0.25) is 0 Å². The lowest BCUT2D eigenvalue weighted by atomic mass is 9.86. The number of hydrogen-bond donors (Lipinski definition) is 1. The van der Waals surface area contributed by atoms with Crippen LogP contribution in [0.1, 0.15) is 29.6 Å². The summed E-state index contributed by atoms with van der Waals surface area (Å²) in [6.07, 6.45) is 7.35. The standard InChI is InChI=1S/C22H26ClN5O2S/c23-20-14-28(9-10-30-20)21(18-11-17-19(31-18)13-24-15-26-17)27-7-4-22(29,5-8-27)12-16-3-1-2-6-25-16/h1-3,6,11,13,15,20-21,29H,4-5,7-10,12,14H2. The average molecular weight is 460 g/mol. The highest BCUT2D eigenvalue weighted by atomic mass is 35.5. The van der Waals surface area contributed by atoms with Gasteiger partial charge >= 0.3 is 0 Å². The second-order valence-corrected chi connectivity index (χ2v) is 9.93. The van der Waals surface area contributed by atoms with Crippen molar-refractivity contribution in [2.24, 2.45) is 0 Å². The third-order valence-corrected chi connectivity index (χ3v) is 7.54. The van der Waals surface area contributed by atoms with Crippen LogP contribution < -0.4 is 0 Å². The molecule has 9 heteroatoms. The number of alkyl halides is 1. The number of pyridine rings is 1. The quantitative estimate of drug-likeness (QED) is 0.588. The molecule has 0 radical (unpaired) electrons. The van der Waals surface area contributed by atoms with Crippen LogP contribution in [-0.4, -0.2) is 73.8 Å². The summed E-state index contributed by atoms with van der Waals surface area (Å²) in [5, 5.41) is 11.2. The maximum absolute atomic E-state index is 11.2. The summed E-state index contributed by atoms with van der Waals surface area (Å²) in [6, 6.07) is 8.03. The van der Waals surface area contributed by atoms with E-state index in [1.54, 1.807) is 23.9 Å². The molecule has 5 heterocycles. The first-order chi connectivity index (χ1) is 15.1. The maximum atomic E-state index is 11.2. The van der Waals surface area contributed by atoms with E-state index in [2.05, 4.69) is 30.8 Å². The number of halogens is 1. The van der Waals surface area contributed by atoms with E-state index in [0.717, 1.165) is 35.5 Å². The Morgan fingerprint density at radius 3 is 2.84 bits per heavy atom. The largest absolute Gasteiger partial charge is 0.389 e. The second kappa shape index (κ2) is 9.05. The first-order valence-corrected chi connectivity index (χ1v) is 11.9. The normalized spacial score (nSPS) is 23.7. The highest BCUT2D eigenvalue weighted by molar-refractivity contribution is 7.19. The molecular weight excluding hydrogens is 434 g/mol. The summed E-state index contributed by atoms with van der Waals surface area (Å²) in [6.45, 7) is 3.71. The van der Waals surface area contributed by atoms with Crippen LogP contribution in [0.15, 0.2) is 43.0 Å². The Balaban J connectivity index is 1.37. The molecule has 3 aromatic heterocycles. The molecule has 2 fully saturated rings. The Morgan fingerprint density at radius 2 is 2.10 bits per heavy atom. The Morgan fingerprint density at radius 1 is 1.23 bits per heavy atom. The number of aliphatic hydroxyl groups is 1. The van der Waals surface area contributed by atoms with Crippen molar-refractivity contribution < 1.29 is 9.84 Å². The monoisotopic (exact) mass is 459 g/mol. The molecule has 31 heavy (non-hydrogen) atoms. The first-order valence-electron chi connectivity index (χ1n) is 10.7. The van der Waals surface area contributed by atoms with E-state index in [0.29, 0.717) is 32.4 Å². The molecule has 3 aromatic rings.